The van der Waals surface area contributed by atoms with Gasteiger partial charge in [0.1, 0.15) is 0 Å². The second-order valence-electron chi connectivity index (χ2n) is 6.76. The van der Waals surface area contributed by atoms with Crippen LogP contribution in [0.5, 0.6) is 11.5 Å². The lowest BCUT2D eigenvalue weighted by Crippen LogP contribution is -2.47. The van der Waals surface area contributed by atoms with E-state index in [2.05, 4.69) is 5.32 Å². The number of nitrogens with one attached hydrogen (secondary N) is 1. The van der Waals surface area contributed by atoms with Gasteiger partial charge in [-0.1, -0.05) is 6.07 Å². The first-order valence-electron chi connectivity index (χ1n) is 9.04. The van der Waals surface area contributed by atoms with Crippen LogP contribution in [0.4, 0.5) is 4.79 Å². The summed E-state index contributed by atoms with van der Waals surface area (Å²) >= 11 is 0. The van der Waals surface area contributed by atoms with E-state index >= 15 is 0 Å². The minimum atomic E-state index is -0.0136. The van der Waals surface area contributed by atoms with Gasteiger partial charge in [-0.05, 0) is 50.3 Å². The zero-order valence-corrected chi connectivity index (χ0v) is 15.3. The van der Waals surface area contributed by atoms with Crippen LogP contribution in [0.3, 0.4) is 0 Å². The number of hydrogen-bond acceptors (Lipinski definition) is 4. The van der Waals surface area contributed by atoms with Crippen LogP contribution in [0.1, 0.15) is 44.2 Å². The average molecular weight is 348 g/mol. The van der Waals surface area contributed by atoms with Crippen molar-refractivity contribution < 1.29 is 19.0 Å². The normalized spacial score (nSPS) is 24.2. The molecule has 25 heavy (non-hydrogen) atoms. The molecule has 2 amide bonds. The van der Waals surface area contributed by atoms with E-state index in [0.29, 0.717) is 11.5 Å². The van der Waals surface area contributed by atoms with Crippen LogP contribution < -0.4 is 14.8 Å². The maximum atomic E-state index is 12.8. The SMILES string of the molecule is COc1ccc([C@@H]2CCCN2C(=O)N[C@H](C)[C@@H]2CCCO2)cc1OC. The van der Waals surface area contributed by atoms with E-state index in [0.717, 1.165) is 44.4 Å². The number of nitrogens with zero attached hydrogens (tertiary/aromatic N) is 1. The molecule has 138 valence electrons. The van der Waals surface area contributed by atoms with Gasteiger partial charge in [0.25, 0.3) is 0 Å². The van der Waals surface area contributed by atoms with Crippen LogP contribution in [0.2, 0.25) is 0 Å². The van der Waals surface area contributed by atoms with Gasteiger partial charge in [0, 0.05) is 13.2 Å². The number of hydrogen-bond donors (Lipinski definition) is 1. The van der Waals surface area contributed by atoms with Gasteiger partial charge in [0.15, 0.2) is 11.5 Å². The van der Waals surface area contributed by atoms with Gasteiger partial charge >= 0.3 is 6.03 Å². The van der Waals surface area contributed by atoms with Gasteiger partial charge < -0.3 is 24.4 Å². The molecule has 2 heterocycles. The standard InChI is InChI=1S/C19H28N2O4/c1-13(16-7-5-11-25-16)20-19(22)21-10-4-6-15(21)14-8-9-17(23-2)18(12-14)24-3/h8-9,12-13,15-16H,4-7,10-11H2,1-3H3,(H,20,22)/t13-,15+,16+/m1/s1. The second kappa shape index (κ2) is 7.95. The molecule has 0 spiro atoms. The Morgan fingerprint density at radius 2 is 2.04 bits per heavy atom. The van der Waals surface area contributed by atoms with Crippen molar-refractivity contribution in [2.24, 2.45) is 0 Å². The molecule has 3 atom stereocenters. The summed E-state index contributed by atoms with van der Waals surface area (Å²) in [6, 6.07) is 5.97. The molecule has 6 heteroatoms. The van der Waals surface area contributed by atoms with Crippen molar-refractivity contribution in [3.05, 3.63) is 23.8 Å². The lowest BCUT2D eigenvalue weighted by molar-refractivity contribution is 0.0829. The maximum Gasteiger partial charge on any atom is 0.318 e. The van der Waals surface area contributed by atoms with Crippen LogP contribution in [0, 0.1) is 0 Å². The fraction of sp³-hybridized carbons (Fsp3) is 0.632. The molecule has 0 saturated carbocycles. The van der Waals surface area contributed by atoms with E-state index in [4.69, 9.17) is 14.2 Å². The minimum absolute atomic E-state index is 0.0136. The van der Waals surface area contributed by atoms with Gasteiger partial charge in [-0.3, -0.25) is 0 Å². The summed E-state index contributed by atoms with van der Waals surface area (Å²) in [7, 11) is 3.25. The first-order chi connectivity index (χ1) is 12.1. The topological polar surface area (TPSA) is 60.0 Å². The number of amides is 2. The van der Waals surface area contributed by atoms with E-state index in [1.54, 1.807) is 14.2 Å². The number of likely N-dealkylation sites (tertiary alicyclic amines) is 1. The monoisotopic (exact) mass is 348 g/mol. The van der Waals surface area contributed by atoms with E-state index in [-0.39, 0.29) is 24.2 Å². The number of benzene rings is 1. The van der Waals surface area contributed by atoms with Crippen molar-refractivity contribution in [2.45, 2.75) is 50.8 Å². The van der Waals surface area contributed by atoms with Gasteiger partial charge in [0.05, 0.1) is 32.4 Å². The van der Waals surface area contributed by atoms with Gasteiger partial charge in [0.2, 0.25) is 0 Å². The molecule has 0 aromatic heterocycles. The Kier molecular flexibility index (Phi) is 5.68. The fourth-order valence-electron chi connectivity index (χ4n) is 3.78. The smallest absolute Gasteiger partial charge is 0.318 e. The lowest BCUT2D eigenvalue weighted by Gasteiger charge is -2.29. The summed E-state index contributed by atoms with van der Waals surface area (Å²) in [5, 5.41) is 3.12. The van der Waals surface area contributed by atoms with Gasteiger partial charge in [-0.15, -0.1) is 0 Å². The fourth-order valence-corrected chi connectivity index (χ4v) is 3.78. The molecule has 0 aliphatic carbocycles. The molecular weight excluding hydrogens is 320 g/mol. The van der Waals surface area contributed by atoms with Crippen LogP contribution >= 0.6 is 0 Å². The predicted octanol–water partition coefficient (Wildman–Crippen LogP) is 3.12. The Hall–Kier alpha value is -1.95. The Morgan fingerprint density at radius 3 is 2.72 bits per heavy atom. The summed E-state index contributed by atoms with van der Waals surface area (Å²) < 4.78 is 16.4. The number of carbonyl (C=O) groups excluding carboxylic acids is 1. The van der Waals surface area contributed by atoms with Crippen LogP contribution in [-0.2, 0) is 4.74 Å². The number of carbonyl (C=O) groups is 1. The van der Waals surface area contributed by atoms with Crippen molar-refractivity contribution in [1.82, 2.24) is 10.2 Å². The van der Waals surface area contributed by atoms with Crippen LogP contribution in [-0.4, -0.2) is 50.4 Å². The second-order valence-corrected chi connectivity index (χ2v) is 6.76. The van der Waals surface area contributed by atoms with E-state index in [1.807, 2.05) is 30.0 Å². The molecule has 6 nitrogen and oxygen atoms in total. The number of methoxy groups -OCH3 is 2. The molecule has 0 unspecified atom stereocenters. The first kappa shape index (κ1) is 17.9. The average Bonchev–Trinajstić information content (AvgIpc) is 3.32. The molecule has 1 aromatic carbocycles. The van der Waals surface area contributed by atoms with Gasteiger partial charge in [-0.25, -0.2) is 4.79 Å². The zero-order chi connectivity index (χ0) is 17.8. The minimum Gasteiger partial charge on any atom is -0.493 e. The van der Waals surface area contributed by atoms with Gasteiger partial charge in [-0.2, -0.15) is 0 Å². The molecule has 1 N–H and O–H groups in total. The quantitative estimate of drug-likeness (QED) is 0.888. The molecule has 2 fully saturated rings. The summed E-state index contributed by atoms with van der Waals surface area (Å²) in [6.07, 6.45) is 4.17. The summed E-state index contributed by atoms with van der Waals surface area (Å²) in [6.45, 7) is 3.58. The molecule has 2 aliphatic rings. The number of rotatable bonds is 5. The third kappa shape index (κ3) is 3.84. The van der Waals surface area contributed by atoms with Crippen LogP contribution in [0.15, 0.2) is 18.2 Å². The van der Waals surface area contributed by atoms with Crippen molar-refractivity contribution in [3.63, 3.8) is 0 Å². The third-order valence-corrected chi connectivity index (χ3v) is 5.18. The Balaban J connectivity index is 1.70. The van der Waals surface area contributed by atoms with Crippen molar-refractivity contribution in [1.29, 1.82) is 0 Å². The number of ether oxygens (including phenoxy) is 3. The van der Waals surface area contributed by atoms with E-state index in [9.17, 15) is 4.79 Å². The Bertz CT molecular complexity index is 601. The largest absolute Gasteiger partial charge is 0.493 e. The maximum absolute atomic E-state index is 12.8. The molecule has 3 rings (SSSR count). The van der Waals surface area contributed by atoms with E-state index < -0.39 is 0 Å². The zero-order valence-electron chi connectivity index (χ0n) is 15.3. The van der Waals surface area contributed by atoms with Crippen molar-refractivity contribution >= 4 is 6.03 Å². The highest BCUT2D eigenvalue weighted by Crippen LogP contribution is 2.36. The summed E-state index contributed by atoms with van der Waals surface area (Å²) in [4.78, 5) is 14.7. The highest BCUT2D eigenvalue weighted by atomic mass is 16.5. The third-order valence-electron chi connectivity index (χ3n) is 5.18. The van der Waals surface area contributed by atoms with Crippen molar-refractivity contribution in [3.8, 4) is 11.5 Å². The highest BCUT2D eigenvalue weighted by Gasteiger charge is 2.32. The molecule has 2 aliphatic heterocycles. The molecule has 0 bridgehead atoms. The summed E-state index contributed by atoms with van der Waals surface area (Å²) in [5.74, 6) is 1.40. The highest BCUT2D eigenvalue weighted by molar-refractivity contribution is 5.75. The number of urea groups is 1. The first-order valence-corrected chi connectivity index (χ1v) is 9.04. The molecular formula is C19H28N2O4. The van der Waals surface area contributed by atoms with E-state index in [1.165, 1.54) is 0 Å². The molecule has 2 saturated heterocycles. The van der Waals surface area contributed by atoms with Crippen LogP contribution in [0.25, 0.3) is 0 Å². The van der Waals surface area contributed by atoms with Crippen molar-refractivity contribution in [2.75, 3.05) is 27.4 Å². The summed E-state index contributed by atoms with van der Waals surface area (Å²) in [5.41, 5.74) is 1.08. The Morgan fingerprint density at radius 1 is 1.24 bits per heavy atom. The molecule has 0 radical (unpaired) electrons. The lowest BCUT2D eigenvalue weighted by atomic mass is 10.0. The Labute approximate surface area is 149 Å². The predicted molar refractivity (Wildman–Crippen MR) is 95.2 cm³/mol. The molecule has 1 aromatic rings.